The monoisotopic (exact) mass is 247 g/mol. The highest BCUT2D eigenvalue weighted by Crippen LogP contribution is 2.24. The highest BCUT2D eigenvalue weighted by Gasteiger charge is 2.21. The smallest absolute Gasteiger partial charge is 0.0722 e. The molecule has 0 aliphatic carbocycles. The van der Waals surface area contributed by atoms with E-state index in [4.69, 9.17) is 6.42 Å². The summed E-state index contributed by atoms with van der Waals surface area (Å²) in [4.78, 5) is 0. The normalized spacial score (nSPS) is 13.3. The molecule has 0 spiro atoms. The molecule has 0 amide bonds. The van der Waals surface area contributed by atoms with E-state index in [-0.39, 0.29) is 11.5 Å². The first-order chi connectivity index (χ1) is 8.38. The van der Waals surface area contributed by atoms with E-state index in [0.29, 0.717) is 0 Å². The predicted octanol–water partition coefficient (Wildman–Crippen LogP) is 2.61. The van der Waals surface area contributed by atoms with Crippen LogP contribution in [0.5, 0.6) is 0 Å². The van der Waals surface area contributed by atoms with Gasteiger partial charge in [-0.3, -0.25) is 10.00 Å². The molecule has 0 radical (unpaired) electrons. The molecule has 1 aromatic rings. The number of aromatic nitrogens is 2. The van der Waals surface area contributed by atoms with Gasteiger partial charge in [0.05, 0.1) is 11.7 Å². The van der Waals surface area contributed by atoms with Crippen molar-refractivity contribution in [2.75, 3.05) is 0 Å². The topological polar surface area (TPSA) is 29.9 Å². The summed E-state index contributed by atoms with van der Waals surface area (Å²) in [7, 11) is 1.96. The summed E-state index contributed by atoms with van der Waals surface area (Å²) in [5, 5.41) is 7.98. The maximum atomic E-state index is 5.52. The van der Waals surface area contributed by atoms with E-state index in [0.717, 1.165) is 25.1 Å². The Hall–Kier alpha value is -1.27. The lowest BCUT2D eigenvalue weighted by molar-refractivity contribution is 0.530. The van der Waals surface area contributed by atoms with E-state index in [1.807, 2.05) is 11.7 Å². The average molecular weight is 247 g/mol. The third-order valence-electron chi connectivity index (χ3n) is 2.93. The van der Waals surface area contributed by atoms with Crippen molar-refractivity contribution in [3.05, 3.63) is 17.5 Å². The van der Waals surface area contributed by atoms with Crippen molar-refractivity contribution >= 4 is 0 Å². The number of aryl methyl sites for hydroxylation is 1. The van der Waals surface area contributed by atoms with Crippen molar-refractivity contribution < 1.29 is 0 Å². The van der Waals surface area contributed by atoms with Crippen LogP contribution in [-0.2, 0) is 19.0 Å². The van der Waals surface area contributed by atoms with Gasteiger partial charge in [-0.05, 0) is 6.42 Å². The van der Waals surface area contributed by atoms with Crippen molar-refractivity contribution in [3.63, 3.8) is 0 Å². The highest BCUT2D eigenvalue weighted by atomic mass is 15.3. The second kappa shape index (κ2) is 6.06. The first-order valence-electron chi connectivity index (χ1n) is 6.61. The molecule has 0 bridgehead atoms. The van der Waals surface area contributed by atoms with Crippen LogP contribution in [0.3, 0.4) is 0 Å². The Kier molecular flexibility index (Phi) is 4.98. The maximum absolute atomic E-state index is 5.52. The van der Waals surface area contributed by atoms with Crippen LogP contribution in [0.2, 0.25) is 0 Å². The predicted molar refractivity (Wildman–Crippen MR) is 76.3 cm³/mol. The van der Waals surface area contributed by atoms with Crippen LogP contribution in [0.4, 0.5) is 0 Å². The standard InChI is InChI=1S/C15H25N3/c1-7-9-13(8-2)16-10-12-11-18(6)17-14(12)15(3,4)5/h2,11,13,16H,7,9-10H2,1,3-6H3. The summed E-state index contributed by atoms with van der Waals surface area (Å²) in [6.07, 6.45) is 9.71. The quantitative estimate of drug-likeness (QED) is 0.811. The lowest BCUT2D eigenvalue weighted by Crippen LogP contribution is -2.28. The number of hydrogen-bond acceptors (Lipinski definition) is 2. The number of nitrogens with one attached hydrogen (secondary N) is 1. The molecule has 0 saturated carbocycles. The van der Waals surface area contributed by atoms with Gasteiger partial charge < -0.3 is 0 Å². The molecule has 1 unspecified atom stereocenters. The summed E-state index contributed by atoms with van der Waals surface area (Å²) in [5.41, 5.74) is 2.44. The maximum Gasteiger partial charge on any atom is 0.0722 e. The minimum absolute atomic E-state index is 0.0642. The molecule has 1 aromatic heterocycles. The number of terminal acetylenes is 1. The largest absolute Gasteiger partial charge is 0.299 e. The SMILES string of the molecule is C#CC(CCC)NCc1cn(C)nc1C(C)(C)C. The van der Waals surface area contributed by atoms with E-state index in [2.05, 4.69) is 50.2 Å². The molecule has 18 heavy (non-hydrogen) atoms. The van der Waals surface area contributed by atoms with Gasteiger partial charge in [0.2, 0.25) is 0 Å². The Morgan fingerprint density at radius 1 is 1.50 bits per heavy atom. The van der Waals surface area contributed by atoms with Crippen molar-refractivity contribution in [2.24, 2.45) is 7.05 Å². The van der Waals surface area contributed by atoms with Gasteiger partial charge in [-0.1, -0.05) is 40.0 Å². The first kappa shape index (κ1) is 14.8. The average Bonchev–Trinajstić information content (AvgIpc) is 2.65. The molecule has 1 N–H and O–H groups in total. The molecule has 0 aliphatic rings. The third-order valence-corrected chi connectivity index (χ3v) is 2.93. The van der Waals surface area contributed by atoms with Gasteiger partial charge in [0.15, 0.2) is 0 Å². The van der Waals surface area contributed by atoms with E-state index in [1.54, 1.807) is 0 Å². The zero-order valence-electron chi connectivity index (χ0n) is 12.2. The summed E-state index contributed by atoms with van der Waals surface area (Å²) >= 11 is 0. The lowest BCUT2D eigenvalue weighted by atomic mass is 9.89. The van der Waals surface area contributed by atoms with E-state index < -0.39 is 0 Å². The van der Waals surface area contributed by atoms with Crippen LogP contribution < -0.4 is 5.32 Å². The molecular formula is C15H25N3. The van der Waals surface area contributed by atoms with Crippen molar-refractivity contribution in [1.82, 2.24) is 15.1 Å². The molecule has 0 saturated heterocycles. The van der Waals surface area contributed by atoms with Crippen LogP contribution in [0.15, 0.2) is 6.20 Å². The van der Waals surface area contributed by atoms with Gasteiger partial charge in [0, 0.05) is 30.8 Å². The van der Waals surface area contributed by atoms with Crippen LogP contribution in [0, 0.1) is 12.3 Å². The van der Waals surface area contributed by atoms with Crippen LogP contribution >= 0.6 is 0 Å². The summed E-state index contributed by atoms with van der Waals surface area (Å²) in [6.45, 7) is 9.49. The Labute approximate surface area is 111 Å². The Balaban J connectivity index is 2.76. The van der Waals surface area contributed by atoms with Gasteiger partial charge in [-0.2, -0.15) is 5.10 Å². The first-order valence-corrected chi connectivity index (χ1v) is 6.61. The fraction of sp³-hybridized carbons (Fsp3) is 0.667. The van der Waals surface area contributed by atoms with E-state index >= 15 is 0 Å². The molecule has 1 atom stereocenters. The molecule has 1 heterocycles. The lowest BCUT2D eigenvalue weighted by Gasteiger charge is -2.18. The fourth-order valence-corrected chi connectivity index (χ4v) is 2.06. The van der Waals surface area contributed by atoms with Crippen LogP contribution in [0.1, 0.15) is 51.8 Å². The Bertz CT molecular complexity index is 418. The molecule has 0 fully saturated rings. The van der Waals surface area contributed by atoms with Gasteiger partial charge in [-0.15, -0.1) is 6.42 Å². The van der Waals surface area contributed by atoms with Crippen LogP contribution in [0.25, 0.3) is 0 Å². The summed E-state index contributed by atoms with van der Waals surface area (Å²) < 4.78 is 1.88. The van der Waals surface area contributed by atoms with Gasteiger partial charge >= 0.3 is 0 Å². The molecule has 0 aromatic carbocycles. The zero-order chi connectivity index (χ0) is 13.8. The van der Waals surface area contributed by atoms with Crippen LogP contribution in [-0.4, -0.2) is 15.8 Å². The number of nitrogens with zero attached hydrogens (tertiary/aromatic N) is 2. The highest BCUT2D eigenvalue weighted by molar-refractivity contribution is 5.24. The zero-order valence-corrected chi connectivity index (χ0v) is 12.2. The van der Waals surface area contributed by atoms with Crippen molar-refractivity contribution in [1.29, 1.82) is 0 Å². The van der Waals surface area contributed by atoms with Gasteiger partial charge in [0.25, 0.3) is 0 Å². The summed E-state index contributed by atoms with van der Waals surface area (Å²) in [6, 6.07) is 0.156. The second-order valence-electron chi connectivity index (χ2n) is 5.82. The number of rotatable bonds is 5. The van der Waals surface area contributed by atoms with Gasteiger partial charge in [0.1, 0.15) is 0 Å². The minimum atomic E-state index is 0.0642. The van der Waals surface area contributed by atoms with E-state index in [9.17, 15) is 0 Å². The van der Waals surface area contributed by atoms with Gasteiger partial charge in [-0.25, -0.2) is 0 Å². The van der Waals surface area contributed by atoms with Crippen molar-refractivity contribution in [3.8, 4) is 12.3 Å². The molecular weight excluding hydrogens is 222 g/mol. The van der Waals surface area contributed by atoms with Crippen molar-refractivity contribution in [2.45, 2.75) is 58.5 Å². The Morgan fingerprint density at radius 2 is 2.17 bits per heavy atom. The molecule has 3 heteroatoms. The fourth-order valence-electron chi connectivity index (χ4n) is 2.06. The molecule has 0 aliphatic heterocycles. The molecule has 3 nitrogen and oxygen atoms in total. The Morgan fingerprint density at radius 3 is 2.67 bits per heavy atom. The molecule has 1 rings (SSSR count). The minimum Gasteiger partial charge on any atom is -0.299 e. The molecule has 100 valence electrons. The number of hydrogen-bond donors (Lipinski definition) is 1. The third kappa shape index (κ3) is 3.89. The van der Waals surface area contributed by atoms with E-state index in [1.165, 1.54) is 5.56 Å². The summed E-state index contributed by atoms with van der Waals surface area (Å²) in [5.74, 6) is 2.80. The second-order valence-corrected chi connectivity index (χ2v) is 5.82.